The summed E-state index contributed by atoms with van der Waals surface area (Å²) in [6.45, 7) is 3.80. The summed E-state index contributed by atoms with van der Waals surface area (Å²) in [6.07, 6.45) is 6.78. The number of benzene rings is 1. The molecule has 0 atom stereocenters. The highest BCUT2D eigenvalue weighted by Crippen LogP contribution is 2.60. The van der Waals surface area contributed by atoms with Crippen LogP contribution < -0.4 is 5.32 Å². The minimum absolute atomic E-state index is 0.136. The number of esters is 1. The third-order valence-electron chi connectivity index (χ3n) is 6.68. The van der Waals surface area contributed by atoms with E-state index >= 15 is 0 Å². The lowest BCUT2D eigenvalue weighted by molar-refractivity contribution is -0.172. The molecule has 4 fully saturated rings. The first kappa shape index (κ1) is 16.6. The molecule has 134 valence electrons. The zero-order valence-corrected chi connectivity index (χ0v) is 15.1. The molecule has 4 heteroatoms. The van der Waals surface area contributed by atoms with Gasteiger partial charge in [0.2, 0.25) is 0 Å². The lowest BCUT2D eigenvalue weighted by Crippen LogP contribution is -2.50. The fourth-order valence-electron chi connectivity index (χ4n) is 5.72. The van der Waals surface area contributed by atoms with E-state index in [1.54, 1.807) is 0 Å². The average molecular weight is 341 g/mol. The van der Waals surface area contributed by atoms with Gasteiger partial charge in [0.15, 0.2) is 6.61 Å². The van der Waals surface area contributed by atoms with E-state index < -0.39 is 0 Å². The van der Waals surface area contributed by atoms with Crippen molar-refractivity contribution in [1.29, 1.82) is 0 Å². The van der Waals surface area contributed by atoms with Crippen molar-refractivity contribution in [2.45, 2.75) is 52.4 Å². The number of hydrogen-bond donors (Lipinski definition) is 1. The molecule has 5 rings (SSSR count). The molecule has 1 aromatic carbocycles. The van der Waals surface area contributed by atoms with Gasteiger partial charge >= 0.3 is 5.97 Å². The summed E-state index contributed by atoms with van der Waals surface area (Å²) in [5.74, 6) is 1.70. The number of nitrogens with one attached hydrogen (secondary N) is 1. The monoisotopic (exact) mass is 341 g/mol. The van der Waals surface area contributed by atoms with E-state index in [4.69, 9.17) is 4.74 Å². The third kappa shape index (κ3) is 3.07. The van der Waals surface area contributed by atoms with Gasteiger partial charge in [0.25, 0.3) is 5.91 Å². The number of ether oxygens (including phenoxy) is 1. The van der Waals surface area contributed by atoms with Crippen molar-refractivity contribution in [2.75, 3.05) is 11.9 Å². The fourth-order valence-corrected chi connectivity index (χ4v) is 5.72. The van der Waals surface area contributed by atoms with Gasteiger partial charge < -0.3 is 10.1 Å². The Bertz CT molecular complexity index is 674. The summed E-state index contributed by atoms with van der Waals surface area (Å²) >= 11 is 0. The first-order valence-electron chi connectivity index (χ1n) is 9.48. The highest BCUT2D eigenvalue weighted by atomic mass is 16.5. The van der Waals surface area contributed by atoms with Crippen LogP contribution in [0.2, 0.25) is 0 Å². The number of aryl methyl sites for hydroxylation is 1. The van der Waals surface area contributed by atoms with Crippen LogP contribution in [0.5, 0.6) is 0 Å². The number of carbonyl (C=O) groups is 2. The van der Waals surface area contributed by atoms with Crippen molar-refractivity contribution < 1.29 is 14.3 Å². The van der Waals surface area contributed by atoms with E-state index in [-0.39, 0.29) is 23.9 Å². The first-order chi connectivity index (χ1) is 11.9. The Hall–Kier alpha value is -1.84. The molecular weight excluding hydrogens is 314 g/mol. The van der Waals surface area contributed by atoms with Gasteiger partial charge in [-0.1, -0.05) is 12.1 Å². The number of amides is 1. The van der Waals surface area contributed by atoms with Crippen LogP contribution in [-0.2, 0) is 14.3 Å². The lowest BCUT2D eigenvalue weighted by Gasteiger charge is -2.55. The van der Waals surface area contributed by atoms with Gasteiger partial charge in [0.1, 0.15) is 0 Å². The standard InChI is InChI=1S/C21H27NO3/c1-13-4-3-5-18(14(13)2)22-19(23)12-25-20(24)21-9-15-6-16(10-21)8-17(7-15)11-21/h3-5,15-17H,6-12H2,1-2H3,(H,22,23). The molecule has 0 unspecified atom stereocenters. The van der Waals surface area contributed by atoms with Crippen molar-refractivity contribution in [1.82, 2.24) is 0 Å². The topological polar surface area (TPSA) is 55.4 Å². The normalized spacial score (nSPS) is 32.5. The predicted molar refractivity (Wildman–Crippen MR) is 96.1 cm³/mol. The molecule has 25 heavy (non-hydrogen) atoms. The number of hydrogen-bond acceptors (Lipinski definition) is 3. The zero-order chi connectivity index (χ0) is 17.6. The highest BCUT2D eigenvalue weighted by molar-refractivity contribution is 5.94. The van der Waals surface area contributed by atoms with Crippen LogP contribution in [0, 0.1) is 37.0 Å². The van der Waals surface area contributed by atoms with Crippen LogP contribution in [0.15, 0.2) is 18.2 Å². The van der Waals surface area contributed by atoms with Crippen molar-refractivity contribution in [3.63, 3.8) is 0 Å². The van der Waals surface area contributed by atoms with Crippen molar-refractivity contribution >= 4 is 17.6 Å². The van der Waals surface area contributed by atoms with Crippen LogP contribution in [0.3, 0.4) is 0 Å². The molecule has 4 aliphatic carbocycles. The maximum absolute atomic E-state index is 12.8. The maximum atomic E-state index is 12.8. The molecule has 4 nitrogen and oxygen atoms in total. The molecule has 0 aliphatic heterocycles. The highest BCUT2D eigenvalue weighted by Gasteiger charge is 2.55. The SMILES string of the molecule is Cc1cccc(NC(=O)COC(=O)C23CC4CC(CC(C4)C2)C3)c1C. The summed E-state index contributed by atoms with van der Waals surface area (Å²) in [6, 6.07) is 5.80. The summed E-state index contributed by atoms with van der Waals surface area (Å²) in [7, 11) is 0. The first-order valence-corrected chi connectivity index (χ1v) is 9.48. The molecule has 1 aromatic rings. The Labute approximate surface area is 149 Å². The average Bonchev–Trinajstić information content (AvgIpc) is 2.55. The van der Waals surface area contributed by atoms with Gasteiger partial charge in [-0.25, -0.2) is 0 Å². The van der Waals surface area contributed by atoms with E-state index in [2.05, 4.69) is 5.32 Å². The van der Waals surface area contributed by atoms with E-state index in [0.717, 1.165) is 36.1 Å². The molecule has 0 aromatic heterocycles. The van der Waals surface area contributed by atoms with E-state index in [1.807, 2.05) is 32.0 Å². The molecular formula is C21H27NO3. The van der Waals surface area contributed by atoms with Gasteiger partial charge in [-0.2, -0.15) is 0 Å². The third-order valence-corrected chi connectivity index (χ3v) is 6.68. The summed E-state index contributed by atoms with van der Waals surface area (Å²) in [5.41, 5.74) is 2.66. The molecule has 0 heterocycles. The smallest absolute Gasteiger partial charge is 0.312 e. The molecule has 0 radical (unpaired) electrons. The zero-order valence-electron chi connectivity index (χ0n) is 15.1. The Morgan fingerprint density at radius 2 is 1.68 bits per heavy atom. The quantitative estimate of drug-likeness (QED) is 0.842. The second kappa shape index (κ2) is 6.15. The lowest BCUT2D eigenvalue weighted by atomic mass is 9.49. The van der Waals surface area contributed by atoms with Gasteiger partial charge in [0, 0.05) is 5.69 Å². The van der Waals surface area contributed by atoms with Gasteiger partial charge in [-0.05, 0) is 87.3 Å². The number of carbonyl (C=O) groups excluding carboxylic acids is 2. The van der Waals surface area contributed by atoms with E-state index in [0.29, 0.717) is 17.8 Å². The van der Waals surface area contributed by atoms with Crippen LogP contribution >= 0.6 is 0 Å². The summed E-state index contributed by atoms with van der Waals surface area (Å²) in [4.78, 5) is 25.0. The number of rotatable bonds is 4. The largest absolute Gasteiger partial charge is 0.455 e. The van der Waals surface area contributed by atoms with Gasteiger partial charge in [-0.15, -0.1) is 0 Å². The molecule has 1 N–H and O–H groups in total. The Balaban J connectivity index is 1.36. The second-order valence-corrected chi connectivity index (χ2v) is 8.57. The van der Waals surface area contributed by atoms with Crippen LogP contribution in [0.1, 0.15) is 49.7 Å². The van der Waals surface area contributed by atoms with Gasteiger partial charge in [0.05, 0.1) is 5.41 Å². The number of anilines is 1. The molecule has 0 spiro atoms. The molecule has 1 amide bonds. The van der Waals surface area contributed by atoms with Crippen LogP contribution in [-0.4, -0.2) is 18.5 Å². The molecule has 0 saturated heterocycles. The Morgan fingerprint density at radius 3 is 2.28 bits per heavy atom. The minimum atomic E-state index is -0.297. The van der Waals surface area contributed by atoms with Crippen molar-refractivity contribution in [3.05, 3.63) is 29.3 Å². The minimum Gasteiger partial charge on any atom is -0.455 e. The predicted octanol–water partition coefficient (Wildman–Crippen LogP) is 4.00. The van der Waals surface area contributed by atoms with E-state index in [9.17, 15) is 9.59 Å². The van der Waals surface area contributed by atoms with Gasteiger partial charge in [-0.3, -0.25) is 9.59 Å². The molecule has 4 bridgehead atoms. The maximum Gasteiger partial charge on any atom is 0.312 e. The van der Waals surface area contributed by atoms with E-state index in [1.165, 1.54) is 19.3 Å². The Morgan fingerprint density at radius 1 is 1.08 bits per heavy atom. The van der Waals surface area contributed by atoms with Crippen LogP contribution in [0.25, 0.3) is 0 Å². The van der Waals surface area contributed by atoms with Crippen molar-refractivity contribution in [3.8, 4) is 0 Å². The summed E-state index contributed by atoms with van der Waals surface area (Å²) < 4.78 is 5.48. The second-order valence-electron chi connectivity index (χ2n) is 8.57. The van der Waals surface area contributed by atoms with Crippen molar-refractivity contribution in [2.24, 2.45) is 23.2 Å². The summed E-state index contributed by atoms with van der Waals surface area (Å²) in [5, 5.41) is 2.86. The van der Waals surface area contributed by atoms with Crippen LogP contribution in [0.4, 0.5) is 5.69 Å². The molecule has 4 saturated carbocycles. The Kier molecular flexibility index (Phi) is 4.09. The molecule has 4 aliphatic rings. The fraction of sp³-hybridized carbons (Fsp3) is 0.619.